The molecule has 0 amide bonds. The van der Waals surface area contributed by atoms with Crippen molar-refractivity contribution in [3.8, 4) is 0 Å². The van der Waals surface area contributed by atoms with Gasteiger partial charge in [0.05, 0.1) is 0 Å². The van der Waals surface area contributed by atoms with E-state index in [-0.39, 0.29) is 23.9 Å². The fourth-order valence-electron chi connectivity index (χ4n) is 4.09. The average Bonchev–Trinajstić information content (AvgIpc) is 2.80. The minimum absolute atomic E-state index is 0.0913. The number of hydrogen-bond acceptors (Lipinski definition) is 3. The molecule has 1 saturated carbocycles. The van der Waals surface area contributed by atoms with E-state index in [1.807, 2.05) is 6.07 Å². The molecule has 0 radical (unpaired) electrons. The first kappa shape index (κ1) is 14.6. The molecule has 1 aliphatic carbocycles. The molecule has 1 unspecified atom stereocenters. The van der Waals surface area contributed by atoms with Crippen LogP contribution in [0.4, 0.5) is 0 Å². The van der Waals surface area contributed by atoms with Gasteiger partial charge in [0.2, 0.25) is 5.79 Å². The van der Waals surface area contributed by atoms with Crippen LogP contribution in [0.1, 0.15) is 45.6 Å². The van der Waals surface area contributed by atoms with E-state index in [9.17, 15) is 4.79 Å². The monoisotopic (exact) mass is 288 g/mol. The summed E-state index contributed by atoms with van der Waals surface area (Å²) in [7, 11) is 0. The molecule has 1 heterocycles. The van der Waals surface area contributed by atoms with Gasteiger partial charge in [0, 0.05) is 12.3 Å². The number of benzene rings is 1. The number of ether oxygens (including phenoxy) is 2. The Balaban J connectivity index is 1.97. The van der Waals surface area contributed by atoms with E-state index in [1.54, 1.807) is 0 Å². The standard InChI is InChI=1S/C18H24O3/c1-13-9-10-15(18(11-13)20-12-16(19)21-18)17(2,3)14-7-5-4-6-8-14/h4-8,13,15H,9-12H2,1-3H3/t13-,15+,18?/m1/s1. The molecule has 3 rings (SSSR count). The van der Waals surface area contributed by atoms with Gasteiger partial charge in [-0.3, -0.25) is 0 Å². The van der Waals surface area contributed by atoms with Crippen molar-refractivity contribution < 1.29 is 14.3 Å². The fraction of sp³-hybridized carbons (Fsp3) is 0.611. The van der Waals surface area contributed by atoms with E-state index >= 15 is 0 Å². The van der Waals surface area contributed by atoms with Gasteiger partial charge in [-0.25, -0.2) is 4.79 Å². The second kappa shape index (κ2) is 5.13. The number of carbonyl (C=O) groups excluding carboxylic acids is 1. The lowest BCUT2D eigenvalue weighted by Gasteiger charge is -2.48. The predicted molar refractivity (Wildman–Crippen MR) is 80.7 cm³/mol. The summed E-state index contributed by atoms with van der Waals surface area (Å²) in [6.07, 6.45) is 2.99. The van der Waals surface area contributed by atoms with E-state index in [2.05, 4.69) is 45.0 Å². The summed E-state index contributed by atoms with van der Waals surface area (Å²) in [6.45, 7) is 6.78. The largest absolute Gasteiger partial charge is 0.431 e. The zero-order chi connectivity index (χ0) is 15.1. The molecule has 1 spiro atoms. The molecular formula is C18H24O3. The van der Waals surface area contributed by atoms with Crippen molar-refractivity contribution >= 4 is 5.97 Å². The first-order chi connectivity index (χ1) is 9.94. The van der Waals surface area contributed by atoms with Crippen LogP contribution in [0.2, 0.25) is 0 Å². The van der Waals surface area contributed by atoms with E-state index in [4.69, 9.17) is 9.47 Å². The summed E-state index contributed by atoms with van der Waals surface area (Å²) < 4.78 is 11.6. The van der Waals surface area contributed by atoms with E-state index in [0.29, 0.717) is 5.92 Å². The maximum atomic E-state index is 11.7. The first-order valence-electron chi connectivity index (χ1n) is 7.85. The Kier molecular flexibility index (Phi) is 3.56. The molecule has 21 heavy (non-hydrogen) atoms. The fourth-order valence-corrected chi connectivity index (χ4v) is 4.09. The number of rotatable bonds is 2. The van der Waals surface area contributed by atoms with Crippen molar-refractivity contribution in [3.63, 3.8) is 0 Å². The normalized spacial score (nSPS) is 33.2. The van der Waals surface area contributed by atoms with Crippen molar-refractivity contribution in [1.29, 1.82) is 0 Å². The van der Waals surface area contributed by atoms with Gasteiger partial charge in [-0.2, -0.15) is 0 Å². The highest BCUT2D eigenvalue weighted by atomic mass is 16.8. The molecule has 3 nitrogen and oxygen atoms in total. The third-order valence-electron chi connectivity index (χ3n) is 5.22. The average molecular weight is 288 g/mol. The van der Waals surface area contributed by atoms with Crippen LogP contribution in [0.25, 0.3) is 0 Å². The van der Waals surface area contributed by atoms with Crippen LogP contribution in [0.5, 0.6) is 0 Å². The molecule has 0 bridgehead atoms. The summed E-state index contributed by atoms with van der Waals surface area (Å²) in [5.74, 6) is -0.236. The van der Waals surface area contributed by atoms with Gasteiger partial charge in [-0.15, -0.1) is 0 Å². The summed E-state index contributed by atoms with van der Waals surface area (Å²) in [5, 5.41) is 0. The van der Waals surface area contributed by atoms with Crippen molar-refractivity contribution in [2.45, 2.75) is 51.2 Å². The molecule has 0 N–H and O–H groups in total. The Bertz CT molecular complexity index is 523. The zero-order valence-corrected chi connectivity index (χ0v) is 13.1. The third-order valence-corrected chi connectivity index (χ3v) is 5.22. The Hall–Kier alpha value is -1.35. The highest BCUT2D eigenvalue weighted by Gasteiger charge is 2.56. The molecule has 2 aliphatic rings. The van der Waals surface area contributed by atoms with Gasteiger partial charge in [0.15, 0.2) is 0 Å². The number of carbonyl (C=O) groups is 1. The van der Waals surface area contributed by atoms with Gasteiger partial charge >= 0.3 is 5.97 Å². The maximum absolute atomic E-state index is 11.7. The second-order valence-corrected chi connectivity index (χ2v) is 7.10. The predicted octanol–water partition coefficient (Wildman–Crippen LogP) is 3.67. The summed E-state index contributed by atoms with van der Waals surface area (Å²) in [4.78, 5) is 11.7. The van der Waals surface area contributed by atoms with Crippen molar-refractivity contribution in [2.24, 2.45) is 11.8 Å². The van der Waals surface area contributed by atoms with Gasteiger partial charge in [-0.1, -0.05) is 51.1 Å². The smallest absolute Gasteiger partial charge is 0.334 e. The van der Waals surface area contributed by atoms with Crippen molar-refractivity contribution in [2.75, 3.05) is 6.61 Å². The minimum atomic E-state index is -0.728. The van der Waals surface area contributed by atoms with Crippen LogP contribution < -0.4 is 0 Å². The highest BCUT2D eigenvalue weighted by molar-refractivity contribution is 5.72. The molecule has 0 aromatic heterocycles. The lowest BCUT2D eigenvalue weighted by atomic mass is 9.63. The molecule has 1 saturated heterocycles. The molecule has 1 aromatic rings. The van der Waals surface area contributed by atoms with Gasteiger partial charge in [0.25, 0.3) is 0 Å². The Labute approximate surface area is 126 Å². The topological polar surface area (TPSA) is 35.5 Å². The molecule has 3 heteroatoms. The SMILES string of the molecule is C[C@@H]1CC[C@@H](C(C)(C)c2ccccc2)C2(C1)OCC(=O)O2. The molecule has 114 valence electrons. The van der Waals surface area contributed by atoms with Crippen LogP contribution in [-0.4, -0.2) is 18.4 Å². The number of esters is 1. The summed E-state index contributed by atoms with van der Waals surface area (Å²) in [6, 6.07) is 10.5. The van der Waals surface area contributed by atoms with Crippen molar-refractivity contribution in [1.82, 2.24) is 0 Å². The third kappa shape index (κ3) is 2.48. The van der Waals surface area contributed by atoms with Gasteiger partial charge in [-0.05, 0) is 29.7 Å². The van der Waals surface area contributed by atoms with E-state index in [0.717, 1.165) is 19.3 Å². The lowest BCUT2D eigenvalue weighted by Crippen LogP contribution is -2.52. The quantitative estimate of drug-likeness (QED) is 0.779. The maximum Gasteiger partial charge on any atom is 0.334 e. The minimum Gasteiger partial charge on any atom is -0.431 e. The molecular weight excluding hydrogens is 264 g/mol. The molecule has 1 aromatic carbocycles. The van der Waals surface area contributed by atoms with Crippen LogP contribution in [0, 0.1) is 11.8 Å². The zero-order valence-electron chi connectivity index (χ0n) is 13.1. The highest BCUT2D eigenvalue weighted by Crippen LogP contribution is 2.51. The first-order valence-corrected chi connectivity index (χ1v) is 7.85. The molecule has 3 atom stereocenters. The lowest BCUT2D eigenvalue weighted by molar-refractivity contribution is -0.232. The van der Waals surface area contributed by atoms with Crippen LogP contribution >= 0.6 is 0 Å². The molecule has 2 fully saturated rings. The summed E-state index contributed by atoms with van der Waals surface area (Å²) in [5.41, 5.74) is 1.18. The second-order valence-electron chi connectivity index (χ2n) is 7.10. The van der Waals surface area contributed by atoms with Crippen LogP contribution in [0.15, 0.2) is 30.3 Å². The Morgan fingerprint density at radius 2 is 1.90 bits per heavy atom. The van der Waals surface area contributed by atoms with E-state index in [1.165, 1.54) is 5.56 Å². The van der Waals surface area contributed by atoms with E-state index < -0.39 is 5.79 Å². The van der Waals surface area contributed by atoms with Crippen LogP contribution in [0.3, 0.4) is 0 Å². The number of hydrogen-bond donors (Lipinski definition) is 0. The summed E-state index contributed by atoms with van der Waals surface area (Å²) >= 11 is 0. The Morgan fingerprint density at radius 1 is 1.19 bits per heavy atom. The van der Waals surface area contributed by atoms with Gasteiger partial charge < -0.3 is 9.47 Å². The van der Waals surface area contributed by atoms with Crippen LogP contribution in [-0.2, 0) is 19.7 Å². The van der Waals surface area contributed by atoms with Gasteiger partial charge in [0.1, 0.15) is 6.61 Å². The Morgan fingerprint density at radius 3 is 2.52 bits per heavy atom. The van der Waals surface area contributed by atoms with Crippen molar-refractivity contribution in [3.05, 3.63) is 35.9 Å². The molecule has 1 aliphatic heterocycles.